The van der Waals surface area contributed by atoms with Crippen molar-refractivity contribution in [3.63, 3.8) is 0 Å². The molecule has 0 aromatic carbocycles. The molecular weight excluding hydrogens is 394 g/mol. The molecule has 0 spiro atoms. The molecule has 2 aromatic rings. The average molecular weight is 430 g/mol. The maximum Gasteiger partial charge on any atom is 0.178 e. The summed E-state index contributed by atoms with van der Waals surface area (Å²) in [5, 5.41) is 7.57. The Hall–Kier alpha value is -3.10. The number of pyridine rings is 2. The second kappa shape index (κ2) is 17.7. The van der Waals surface area contributed by atoms with E-state index in [1.54, 1.807) is 39.2 Å². The maximum atomic E-state index is 10.8. The van der Waals surface area contributed by atoms with E-state index in [0.29, 0.717) is 11.4 Å². The van der Waals surface area contributed by atoms with Crippen LogP contribution in [0.3, 0.4) is 0 Å². The van der Waals surface area contributed by atoms with E-state index in [9.17, 15) is 9.59 Å². The number of aliphatic hydroxyl groups is 1. The second-order valence-corrected chi connectivity index (χ2v) is 5.86. The predicted octanol–water partition coefficient (Wildman–Crippen LogP) is 3.02. The molecule has 8 nitrogen and oxygen atoms in total. The van der Waals surface area contributed by atoms with Crippen LogP contribution in [0.15, 0.2) is 46.4 Å². The van der Waals surface area contributed by atoms with Crippen molar-refractivity contribution in [1.29, 1.82) is 0 Å². The van der Waals surface area contributed by atoms with Crippen LogP contribution in [-0.2, 0) is 0 Å². The highest BCUT2D eigenvalue weighted by molar-refractivity contribution is 6.00. The van der Waals surface area contributed by atoms with E-state index < -0.39 is 0 Å². The minimum absolute atomic E-state index is 0.127. The highest BCUT2D eigenvalue weighted by Crippen LogP contribution is 2.03. The summed E-state index contributed by atoms with van der Waals surface area (Å²) >= 11 is 0. The zero-order valence-electron chi connectivity index (χ0n) is 19.8. The van der Waals surface area contributed by atoms with Crippen molar-refractivity contribution >= 4 is 23.0 Å². The van der Waals surface area contributed by atoms with Crippen LogP contribution in [0.2, 0.25) is 0 Å². The molecule has 3 N–H and O–H groups in total. The van der Waals surface area contributed by atoms with Crippen molar-refractivity contribution in [2.75, 3.05) is 27.7 Å². The number of Topliss-reactive ketones (excluding diaryl/α,β-unsaturated/α-hetero) is 2. The topological polar surface area (TPSA) is 131 Å². The van der Waals surface area contributed by atoms with Gasteiger partial charge < -0.3 is 10.8 Å². The van der Waals surface area contributed by atoms with E-state index in [0.717, 1.165) is 22.8 Å². The molecule has 0 aliphatic heterocycles. The van der Waals surface area contributed by atoms with E-state index in [4.69, 9.17) is 5.11 Å². The minimum Gasteiger partial charge on any atom is -0.397 e. The Balaban J connectivity index is 0. The van der Waals surface area contributed by atoms with Gasteiger partial charge in [-0.3, -0.25) is 19.6 Å². The largest absolute Gasteiger partial charge is 0.397 e. The van der Waals surface area contributed by atoms with E-state index >= 15 is 0 Å². The first-order valence-electron chi connectivity index (χ1n) is 9.73. The van der Waals surface area contributed by atoms with Crippen LogP contribution in [0.5, 0.6) is 0 Å². The van der Waals surface area contributed by atoms with E-state index in [1.165, 1.54) is 20.9 Å². The Bertz CT molecular complexity index is 815. The molecule has 31 heavy (non-hydrogen) atoms. The summed E-state index contributed by atoms with van der Waals surface area (Å²) < 4.78 is 0. The molecule has 0 aliphatic rings. The van der Waals surface area contributed by atoms with Crippen LogP contribution >= 0.6 is 0 Å². The smallest absolute Gasteiger partial charge is 0.178 e. The number of hydrogen-bond donors (Lipinski definition) is 2. The maximum absolute atomic E-state index is 10.8. The zero-order valence-corrected chi connectivity index (χ0v) is 19.8. The lowest BCUT2D eigenvalue weighted by Crippen LogP contribution is -2.04. The van der Waals surface area contributed by atoms with Crippen LogP contribution in [-0.4, -0.2) is 65.8 Å². The lowest BCUT2D eigenvalue weighted by molar-refractivity contribution is 0.101. The Morgan fingerprint density at radius 3 is 1.29 bits per heavy atom. The summed E-state index contributed by atoms with van der Waals surface area (Å²) in [6.07, 6.45) is 0. The predicted molar refractivity (Wildman–Crippen MR) is 128 cm³/mol. The van der Waals surface area contributed by atoms with Crippen LogP contribution in [0.25, 0.3) is 0 Å². The lowest BCUT2D eigenvalue weighted by atomic mass is 10.2. The van der Waals surface area contributed by atoms with E-state index in [-0.39, 0.29) is 18.2 Å². The van der Waals surface area contributed by atoms with Gasteiger partial charge in [0.25, 0.3) is 0 Å². The van der Waals surface area contributed by atoms with Crippen molar-refractivity contribution < 1.29 is 14.7 Å². The zero-order chi connectivity index (χ0) is 24.4. The van der Waals surface area contributed by atoms with Crippen molar-refractivity contribution in [1.82, 2.24) is 9.97 Å². The molecule has 0 fully saturated rings. The number of carbonyl (C=O) groups is 2. The van der Waals surface area contributed by atoms with Crippen LogP contribution in [0.1, 0.15) is 67.0 Å². The van der Waals surface area contributed by atoms with Gasteiger partial charge in [0.15, 0.2) is 11.6 Å². The molecule has 0 saturated heterocycles. The fraction of sp³-hybridized carbons (Fsp3) is 0.391. The van der Waals surface area contributed by atoms with Gasteiger partial charge in [-0.05, 0) is 52.1 Å². The molecule has 0 bridgehead atoms. The molecule has 0 atom stereocenters. The minimum atomic E-state index is -0.127. The molecule has 2 rings (SSSR count). The molecule has 0 saturated carbocycles. The Morgan fingerprint density at radius 1 is 0.774 bits per heavy atom. The van der Waals surface area contributed by atoms with Gasteiger partial charge in [0.1, 0.15) is 11.4 Å². The summed E-state index contributed by atoms with van der Waals surface area (Å²) in [6, 6.07) is 10.7. The Morgan fingerprint density at radius 2 is 1.03 bits per heavy atom. The Kier molecular flexibility index (Phi) is 17.2. The quantitative estimate of drug-likeness (QED) is 0.567. The average Bonchev–Trinajstić information content (AvgIpc) is 2.80. The summed E-state index contributed by atoms with van der Waals surface area (Å²) in [7, 11) is 5.04. The van der Waals surface area contributed by atoms with Gasteiger partial charge in [-0.1, -0.05) is 12.1 Å². The molecule has 0 unspecified atom stereocenters. The number of aliphatic hydroxyl groups excluding tert-OH is 1. The Labute approximate surface area is 185 Å². The fourth-order valence-corrected chi connectivity index (χ4v) is 1.89. The van der Waals surface area contributed by atoms with Crippen molar-refractivity contribution in [3.8, 4) is 0 Å². The number of nitrogens with zero attached hydrogens (tertiary/aromatic N) is 4. The third-order valence-electron chi connectivity index (χ3n) is 3.63. The highest BCUT2D eigenvalue weighted by Gasteiger charge is 2.04. The summed E-state index contributed by atoms with van der Waals surface area (Å²) in [5.41, 5.74) is 8.87. The van der Waals surface area contributed by atoms with Gasteiger partial charge >= 0.3 is 0 Å². The monoisotopic (exact) mass is 429 g/mol. The number of aliphatic imine (C=N–C) groups is 2. The van der Waals surface area contributed by atoms with Crippen LogP contribution < -0.4 is 5.73 Å². The number of hydrogen-bond acceptors (Lipinski definition) is 8. The van der Waals surface area contributed by atoms with Crippen molar-refractivity contribution in [2.24, 2.45) is 15.7 Å². The van der Waals surface area contributed by atoms with Gasteiger partial charge in [0, 0.05) is 34.5 Å². The van der Waals surface area contributed by atoms with Gasteiger partial charge in [-0.2, -0.15) is 0 Å². The molecule has 2 aromatic heterocycles. The fourth-order valence-electron chi connectivity index (χ4n) is 1.89. The van der Waals surface area contributed by atoms with Gasteiger partial charge in [0.05, 0.1) is 22.8 Å². The summed E-state index contributed by atoms with van der Waals surface area (Å²) in [4.78, 5) is 38.2. The first-order chi connectivity index (χ1) is 14.7. The standard InChI is InChI=1S/C11H15N3.C9H9NO2.C2H6O.CH5N/c1-8(12-3)10-6-5-7-11(14-10)9(2)13-4;1-6(11)8-4-3-5-9(10-8)7(2)12;1-2-3;1-2/h5-7H,1-4H3;3-5H,1-2H3;3H,2H2,1H3;2H2,1H3. The molecule has 2 heterocycles. The lowest BCUT2D eigenvalue weighted by Gasteiger charge is -2.02. The summed E-state index contributed by atoms with van der Waals surface area (Å²) in [5.74, 6) is -0.254. The van der Waals surface area contributed by atoms with E-state index in [2.05, 4.69) is 25.7 Å². The van der Waals surface area contributed by atoms with Gasteiger partial charge in [-0.25, -0.2) is 9.97 Å². The first-order valence-corrected chi connectivity index (χ1v) is 9.73. The van der Waals surface area contributed by atoms with Crippen LogP contribution in [0, 0.1) is 0 Å². The number of nitrogens with two attached hydrogens (primary N) is 1. The number of ketones is 2. The first kappa shape index (κ1) is 30.1. The van der Waals surface area contributed by atoms with Gasteiger partial charge in [0.2, 0.25) is 0 Å². The third kappa shape index (κ3) is 12.2. The highest BCUT2D eigenvalue weighted by atomic mass is 16.2. The molecule has 8 heteroatoms. The van der Waals surface area contributed by atoms with Gasteiger partial charge in [-0.15, -0.1) is 0 Å². The third-order valence-corrected chi connectivity index (χ3v) is 3.63. The number of carbonyl (C=O) groups excluding carboxylic acids is 2. The van der Waals surface area contributed by atoms with Crippen molar-refractivity contribution in [3.05, 3.63) is 59.2 Å². The van der Waals surface area contributed by atoms with Crippen LogP contribution in [0.4, 0.5) is 0 Å². The van der Waals surface area contributed by atoms with E-state index in [1.807, 2.05) is 32.0 Å². The number of rotatable bonds is 4. The molecule has 170 valence electrons. The molecule has 0 amide bonds. The summed E-state index contributed by atoms with van der Waals surface area (Å²) in [6.45, 7) is 8.67. The second-order valence-electron chi connectivity index (χ2n) is 5.86. The van der Waals surface area contributed by atoms with Crippen molar-refractivity contribution in [2.45, 2.75) is 34.6 Å². The molecule has 0 aliphatic carbocycles. The molecule has 0 radical (unpaired) electrons. The number of aromatic nitrogens is 2. The molecular formula is C23H35N5O3. The SMILES string of the molecule is CC(=O)c1cccc(C(C)=O)n1.CCO.CN.CN=C(C)c1cccc(C(C)=NC)n1. The normalized spacial score (nSPS) is 10.4.